The van der Waals surface area contributed by atoms with Gasteiger partial charge in [0.05, 0.1) is 38.0 Å². The lowest BCUT2D eigenvalue weighted by molar-refractivity contribution is -0.140. The number of rotatable bonds is 7. The van der Waals surface area contributed by atoms with Crippen LogP contribution in [0.15, 0.2) is 48.0 Å². The molecule has 0 aromatic heterocycles. The lowest BCUT2D eigenvalue weighted by Gasteiger charge is -2.25. The van der Waals surface area contributed by atoms with Gasteiger partial charge in [0.25, 0.3) is 11.7 Å². The van der Waals surface area contributed by atoms with Crippen LogP contribution in [0.5, 0.6) is 11.5 Å². The van der Waals surface area contributed by atoms with E-state index in [1.807, 2.05) is 0 Å². The summed E-state index contributed by atoms with van der Waals surface area (Å²) in [6.07, 6.45) is 0. The molecule has 7 nitrogen and oxygen atoms in total. The first-order valence-electron chi connectivity index (χ1n) is 9.18. The van der Waals surface area contributed by atoms with E-state index >= 15 is 0 Å². The van der Waals surface area contributed by atoms with Gasteiger partial charge in [-0.05, 0) is 29.8 Å². The fourth-order valence-corrected chi connectivity index (χ4v) is 3.43. The fourth-order valence-electron chi connectivity index (χ4n) is 3.43. The molecule has 2 aromatic carbocycles. The van der Waals surface area contributed by atoms with Crippen LogP contribution in [-0.4, -0.2) is 56.2 Å². The van der Waals surface area contributed by atoms with Crippen molar-refractivity contribution in [1.29, 1.82) is 0 Å². The van der Waals surface area contributed by atoms with E-state index in [-0.39, 0.29) is 35.8 Å². The van der Waals surface area contributed by atoms with Crippen molar-refractivity contribution >= 4 is 17.4 Å². The lowest BCUT2D eigenvalue weighted by Crippen LogP contribution is -2.32. The predicted octanol–water partition coefficient (Wildman–Crippen LogP) is 2.91. The Kier molecular flexibility index (Phi) is 6.37. The Morgan fingerprint density at radius 3 is 2.37 bits per heavy atom. The van der Waals surface area contributed by atoms with Gasteiger partial charge in [-0.3, -0.25) is 9.59 Å². The second-order valence-electron chi connectivity index (χ2n) is 6.60. The monoisotopic (exact) mass is 415 g/mol. The minimum atomic E-state index is -0.896. The van der Waals surface area contributed by atoms with E-state index < -0.39 is 23.5 Å². The lowest BCUT2D eigenvalue weighted by atomic mass is 9.95. The first kappa shape index (κ1) is 21.3. The molecule has 1 unspecified atom stereocenters. The largest absolute Gasteiger partial charge is 0.507 e. The molecular formula is C22H22FNO6. The van der Waals surface area contributed by atoms with Gasteiger partial charge in [-0.2, -0.15) is 0 Å². The van der Waals surface area contributed by atoms with Gasteiger partial charge in [-0.25, -0.2) is 4.39 Å². The van der Waals surface area contributed by atoms with Crippen LogP contribution in [0.4, 0.5) is 4.39 Å². The maximum absolute atomic E-state index is 13.5. The first-order valence-corrected chi connectivity index (χ1v) is 9.18. The molecule has 1 amide bonds. The zero-order chi connectivity index (χ0) is 21.8. The molecular weight excluding hydrogens is 393 g/mol. The number of halogens is 1. The summed E-state index contributed by atoms with van der Waals surface area (Å²) in [6.45, 7) is 0.316. The maximum atomic E-state index is 13.5. The van der Waals surface area contributed by atoms with Gasteiger partial charge in [-0.1, -0.05) is 12.1 Å². The second-order valence-corrected chi connectivity index (χ2v) is 6.60. The molecule has 8 heteroatoms. The van der Waals surface area contributed by atoms with Crippen LogP contribution in [0.25, 0.3) is 5.76 Å². The van der Waals surface area contributed by atoms with E-state index in [9.17, 15) is 19.1 Å². The maximum Gasteiger partial charge on any atom is 0.295 e. The fraction of sp³-hybridized carbons (Fsp3) is 0.273. The molecule has 1 saturated heterocycles. The smallest absolute Gasteiger partial charge is 0.295 e. The van der Waals surface area contributed by atoms with Crippen LogP contribution in [0.1, 0.15) is 17.2 Å². The summed E-state index contributed by atoms with van der Waals surface area (Å²) in [5.74, 6) is -1.68. The van der Waals surface area contributed by atoms with Crippen LogP contribution in [0, 0.1) is 5.82 Å². The van der Waals surface area contributed by atoms with Crippen LogP contribution in [0.2, 0.25) is 0 Å². The second kappa shape index (κ2) is 8.96. The van der Waals surface area contributed by atoms with Crippen molar-refractivity contribution in [2.45, 2.75) is 6.04 Å². The van der Waals surface area contributed by atoms with Gasteiger partial charge >= 0.3 is 0 Å². The third-order valence-corrected chi connectivity index (χ3v) is 4.93. The standard InChI is InChI=1S/C22H22FNO6/c1-28-11-10-24-19(13-4-6-14(23)7-5-13)18(21(26)22(24)27)20(25)16-9-8-15(29-2)12-17(16)30-3/h4-9,12,19,25H,10-11H2,1-3H3/b20-18-. The number of carbonyl (C=O) groups is 2. The minimum absolute atomic E-state index is 0.105. The number of likely N-dealkylation sites (tertiary alicyclic amines) is 1. The molecule has 1 atom stereocenters. The van der Waals surface area contributed by atoms with E-state index in [4.69, 9.17) is 14.2 Å². The number of hydrogen-bond acceptors (Lipinski definition) is 6. The normalized spacial score (nSPS) is 18.0. The number of ketones is 1. The Labute approximate surface area is 173 Å². The van der Waals surface area contributed by atoms with E-state index in [1.54, 1.807) is 12.1 Å². The highest BCUT2D eigenvalue weighted by Crippen LogP contribution is 2.41. The molecule has 30 heavy (non-hydrogen) atoms. The van der Waals surface area contributed by atoms with Gasteiger partial charge in [0.2, 0.25) is 0 Å². The van der Waals surface area contributed by atoms with Crippen molar-refractivity contribution in [3.05, 3.63) is 65.0 Å². The summed E-state index contributed by atoms with van der Waals surface area (Å²) >= 11 is 0. The number of aliphatic hydroxyl groups is 1. The summed E-state index contributed by atoms with van der Waals surface area (Å²) in [5, 5.41) is 11.1. The first-order chi connectivity index (χ1) is 14.4. The molecule has 0 saturated carbocycles. The van der Waals surface area contributed by atoms with Crippen molar-refractivity contribution in [2.75, 3.05) is 34.5 Å². The molecule has 0 radical (unpaired) electrons. The molecule has 1 N–H and O–H groups in total. The summed E-state index contributed by atoms with van der Waals surface area (Å²) < 4.78 is 29.0. The number of aliphatic hydroxyl groups excluding tert-OH is 1. The number of Topliss-reactive ketones (excluding diaryl/α,β-unsaturated/α-hetero) is 1. The van der Waals surface area contributed by atoms with E-state index in [0.717, 1.165) is 0 Å². The van der Waals surface area contributed by atoms with Gasteiger partial charge < -0.3 is 24.2 Å². The molecule has 1 heterocycles. The van der Waals surface area contributed by atoms with Gasteiger partial charge in [0.15, 0.2) is 0 Å². The Balaban J connectivity index is 2.19. The van der Waals surface area contributed by atoms with Crippen molar-refractivity contribution < 1.29 is 33.3 Å². The highest BCUT2D eigenvalue weighted by atomic mass is 19.1. The van der Waals surface area contributed by atoms with Crippen LogP contribution < -0.4 is 9.47 Å². The van der Waals surface area contributed by atoms with Gasteiger partial charge in [0, 0.05) is 19.7 Å². The zero-order valence-electron chi connectivity index (χ0n) is 16.8. The van der Waals surface area contributed by atoms with Crippen LogP contribution in [-0.2, 0) is 14.3 Å². The number of nitrogens with zero attached hydrogens (tertiary/aromatic N) is 1. The molecule has 0 aliphatic carbocycles. The van der Waals surface area contributed by atoms with Crippen molar-refractivity contribution in [2.24, 2.45) is 0 Å². The molecule has 2 aromatic rings. The van der Waals surface area contributed by atoms with Crippen molar-refractivity contribution in [1.82, 2.24) is 4.90 Å². The predicted molar refractivity (Wildman–Crippen MR) is 107 cm³/mol. The third kappa shape index (κ3) is 3.86. The molecule has 0 spiro atoms. The zero-order valence-corrected chi connectivity index (χ0v) is 16.8. The Hall–Kier alpha value is -3.39. The number of ether oxygens (including phenoxy) is 3. The Morgan fingerprint density at radius 1 is 1.07 bits per heavy atom. The van der Waals surface area contributed by atoms with Gasteiger partial charge in [0.1, 0.15) is 23.1 Å². The number of carbonyl (C=O) groups excluding carboxylic acids is 2. The third-order valence-electron chi connectivity index (χ3n) is 4.93. The Morgan fingerprint density at radius 2 is 1.77 bits per heavy atom. The number of methoxy groups -OCH3 is 3. The van der Waals surface area contributed by atoms with E-state index in [1.165, 1.54) is 56.6 Å². The average Bonchev–Trinajstić information content (AvgIpc) is 3.02. The molecule has 0 bridgehead atoms. The summed E-state index contributed by atoms with van der Waals surface area (Å²) in [7, 11) is 4.38. The van der Waals surface area contributed by atoms with Crippen molar-refractivity contribution in [3.63, 3.8) is 0 Å². The number of amides is 1. The van der Waals surface area contributed by atoms with Crippen LogP contribution >= 0.6 is 0 Å². The highest BCUT2D eigenvalue weighted by molar-refractivity contribution is 6.46. The molecule has 3 rings (SSSR count). The van der Waals surface area contributed by atoms with E-state index in [0.29, 0.717) is 11.3 Å². The number of benzene rings is 2. The topological polar surface area (TPSA) is 85.3 Å². The SMILES string of the molecule is COCCN1C(=O)C(=O)/C(=C(\O)c2ccc(OC)cc2OC)C1c1ccc(F)cc1. The molecule has 1 aliphatic rings. The summed E-state index contributed by atoms with van der Waals surface area (Å²) in [6, 6.07) is 9.23. The molecule has 158 valence electrons. The molecule has 1 aliphatic heterocycles. The highest BCUT2D eigenvalue weighted by Gasteiger charge is 2.46. The van der Waals surface area contributed by atoms with Crippen LogP contribution in [0.3, 0.4) is 0 Å². The summed E-state index contributed by atoms with van der Waals surface area (Å²) in [4.78, 5) is 26.9. The van der Waals surface area contributed by atoms with Gasteiger partial charge in [-0.15, -0.1) is 0 Å². The number of hydrogen-bond donors (Lipinski definition) is 1. The van der Waals surface area contributed by atoms with E-state index in [2.05, 4.69) is 0 Å². The average molecular weight is 415 g/mol. The molecule has 1 fully saturated rings. The minimum Gasteiger partial charge on any atom is -0.507 e. The quantitative estimate of drug-likeness (QED) is 0.425. The summed E-state index contributed by atoms with van der Waals surface area (Å²) in [5.41, 5.74) is 0.613. The van der Waals surface area contributed by atoms with Crippen molar-refractivity contribution in [3.8, 4) is 11.5 Å². The Bertz CT molecular complexity index is 986.